The number of benzene rings is 1. The molecule has 0 fully saturated rings. The molecule has 16 heavy (non-hydrogen) atoms. The van der Waals surface area contributed by atoms with E-state index in [1.165, 1.54) is 12.1 Å². The van der Waals surface area contributed by atoms with Gasteiger partial charge in [0.1, 0.15) is 0 Å². The number of halogens is 1. The lowest BCUT2D eigenvalue weighted by atomic mass is 10.1. The molecule has 0 bridgehead atoms. The van der Waals surface area contributed by atoms with Crippen LogP contribution in [-0.2, 0) is 6.54 Å². The maximum Gasteiger partial charge on any atom is 0.165 e. The molecule has 3 heteroatoms. The predicted molar refractivity (Wildman–Crippen MR) is 63.9 cm³/mol. The zero-order valence-corrected chi connectivity index (χ0v) is 10.2. The quantitative estimate of drug-likeness (QED) is 0.832. The number of phenols is 1. The number of nitrogens with zero attached hydrogens (tertiary/aromatic N) is 1. The van der Waals surface area contributed by atoms with Crippen molar-refractivity contribution in [3.05, 3.63) is 29.6 Å². The molecule has 0 aromatic heterocycles. The van der Waals surface area contributed by atoms with E-state index in [0.29, 0.717) is 5.92 Å². The molecule has 1 aromatic carbocycles. The van der Waals surface area contributed by atoms with Crippen molar-refractivity contribution in [2.75, 3.05) is 13.1 Å². The van der Waals surface area contributed by atoms with E-state index >= 15 is 0 Å². The van der Waals surface area contributed by atoms with Crippen LogP contribution in [0.4, 0.5) is 4.39 Å². The third-order valence-electron chi connectivity index (χ3n) is 2.49. The Balaban J connectivity index is 2.66. The van der Waals surface area contributed by atoms with Crippen molar-refractivity contribution >= 4 is 0 Å². The number of rotatable bonds is 5. The van der Waals surface area contributed by atoms with Gasteiger partial charge in [0.15, 0.2) is 11.6 Å². The van der Waals surface area contributed by atoms with Crippen LogP contribution in [0.3, 0.4) is 0 Å². The molecule has 0 aliphatic carbocycles. The summed E-state index contributed by atoms with van der Waals surface area (Å²) in [4.78, 5) is 2.26. The summed E-state index contributed by atoms with van der Waals surface area (Å²) in [5, 5.41) is 9.09. The van der Waals surface area contributed by atoms with Gasteiger partial charge in [0.25, 0.3) is 0 Å². The van der Waals surface area contributed by atoms with Gasteiger partial charge in [-0.25, -0.2) is 4.39 Å². The Hall–Kier alpha value is -1.09. The van der Waals surface area contributed by atoms with Crippen molar-refractivity contribution in [1.82, 2.24) is 4.90 Å². The van der Waals surface area contributed by atoms with Crippen LogP contribution in [0.5, 0.6) is 5.75 Å². The molecule has 0 aliphatic heterocycles. The summed E-state index contributed by atoms with van der Waals surface area (Å²) in [5.41, 5.74) is 0.901. The van der Waals surface area contributed by atoms with Crippen molar-refractivity contribution in [3.8, 4) is 5.75 Å². The third kappa shape index (κ3) is 3.81. The largest absolute Gasteiger partial charge is 0.505 e. The Morgan fingerprint density at radius 2 is 2.06 bits per heavy atom. The molecule has 0 saturated heterocycles. The summed E-state index contributed by atoms with van der Waals surface area (Å²) in [5.74, 6) is -0.226. The second-order valence-electron chi connectivity index (χ2n) is 4.51. The third-order valence-corrected chi connectivity index (χ3v) is 2.49. The Morgan fingerprint density at radius 3 is 2.56 bits per heavy atom. The van der Waals surface area contributed by atoms with Gasteiger partial charge in [-0.3, -0.25) is 4.90 Å². The molecule has 0 heterocycles. The van der Waals surface area contributed by atoms with Crippen molar-refractivity contribution < 1.29 is 9.50 Å². The Morgan fingerprint density at radius 1 is 1.38 bits per heavy atom. The van der Waals surface area contributed by atoms with Crippen molar-refractivity contribution in [1.29, 1.82) is 0 Å². The number of hydrogen-bond acceptors (Lipinski definition) is 2. The summed E-state index contributed by atoms with van der Waals surface area (Å²) in [6.45, 7) is 9.10. The first-order valence-corrected chi connectivity index (χ1v) is 5.72. The molecule has 0 unspecified atom stereocenters. The van der Waals surface area contributed by atoms with Crippen LogP contribution in [0.1, 0.15) is 26.3 Å². The number of phenolic OH excluding ortho intramolecular Hbond substituents is 1. The fourth-order valence-corrected chi connectivity index (χ4v) is 1.73. The van der Waals surface area contributed by atoms with Gasteiger partial charge in [-0.05, 0) is 30.2 Å². The molecule has 0 spiro atoms. The van der Waals surface area contributed by atoms with E-state index in [2.05, 4.69) is 25.7 Å². The number of hydrogen-bond donors (Lipinski definition) is 1. The summed E-state index contributed by atoms with van der Waals surface area (Å²) >= 11 is 0. The molecule has 1 N–H and O–H groups in total. The standard InChI is InChI=1S/C13H20FNO/c1-4-15(8-10(2)3)9-11-5-6-13(16)12(14)7-11/h5-7,10,16H,4,8-9H2,1-3H3. The average molecular weight is 225 g/mol. The second-order valence-corrected chi connectivity index (χ2v) is 4.51. The number of aromatic hydroxyl groups is 1. The van der Waals surface area contributed by atoms with Crippen LogP contribution in [0.15, 0.2) is 18.2 Å². The normalized spacial score (nSPS) is 11.4. The summed E-state index contributed by atoms with van der Waals surface area (Å²) in [6, 6.07) is 4.58. The van der Waals surface area contributed by atoms with Crippen LogP contribution in [0.2, 0.25) is 0 Å². The molecule has 0 saturated carbocycles. The molecule has 0 atom stereocenters. The fraction of sp³-hybridized carbons (Fsp3) is 0.538. The van der Waals surface area contributed by atoms with E-state index in [1.807, 2.05) is 0 Å². The van der Waals surface area contributed by atoms with Gasteiger partial charge in [0.05, 0.1) is 0 Å². The molecule has 90 valence electrons. The molecule has 1 rings (SSSR count). The van der Waals surface area contributed by atoms with Crippen molar-refractivity contribution in [3.63, 3.8) is 0 Å². The summed E-state index contributed by atoms with van der Waals surface area (Å²) < 4.78 is 13.1. The van der Waals surface area contributed by atoms with Crippen LogP contribution in [-0.4, -0.2) is 23.1 Å². The molecular weight excluding hydrogens is 205 g/mol. The van der Waals surface area contributed by atoms with E-state index < -0.39 is 5.82 Å². The SMILES string of the molecule is CCN(Cc1ccc(O)c(F)c1)CC(C)C. The van der Waals surface area contributed by atoms with E-state index in [4.69, 9.17) is 5.11 Å². The zero-order chi connectivity index (χ0) is 12.1. The average Bonchev–Trinajstić information content (AvgIpc) is 2.22. The van der Waals surface area contributed by atoms with Crippen LogP contribution in [0.25, 0.3) is 0 Å². The monoisotopic (exact) mass is 225 g/mol. The van der Waals surface area contributed by atoms with Crippen LogP contribution < -0.4 is 0 Å². The van der Waals surface area contributed by atoms with Crippen LogP contribution >= 0.6 is 0 Å². The van der Waals surface area contributed by atoms with Gasteiger partial charge >= 0.3 is 0 Å². The Labute approximate surface area is 96.7 Å². The predicted octanol–water partition coefficient (Wildman–Crippen LogP) is 3.01. The first-order chi connectivity index (χ1) is 7.52. The minimum atomic E-state index is -0.543. The van der Waals surface area contributed by atoms with E-state index in [0.717, 1.165) is 25.2 Å². The molecule has 0 radical (unpaired) electrons. The highest BCUT2D eigenvalue weighted by molar-refractivity contribution is 5.27. The van der Waals surface area contributed by atoms with Gasteiger partial charge in [0, 0.05) is 13.1 Å². The smallest absolute Gasteiger partial charge is 0.165 e. The lowest BCUT2D eigenvalue weighted by Crippen LogP contribution is -2.27. The first kappa shape index (κ1) is 13.0. The Bertz CT molecular complexity index is 339. The van der Waals surface area contributed by atoms with Gasteiger partial charge in [-0.15, -0.1) is 0 Å². The maximum atomic E-state index is 13.1. The second kappa shape index (κ2) is 5.85. The minimum Gasteiger partial charge on any atom is -0.505 e. The highest BCUT2D eigenvalue weighted by Gasteiger charge is 2.08. The Kier molecular flexibility index (Phi) is 4.74. The van der Waals surface area contributed by atoms with Gasteiger partial charge in [-0.2, -0.15) is 0 Å². The lowest BCUT2D eigenvalue weighted by Gasteiger charge is -2.22. The molecular formula is C13H20FNO. The summed E-state index contributed by atoms with van der Waals surface area (Å²) in [6.07, 6.45) is 0. The fourth-order valence-electron chi connectivity index (χ4n) is 1.73. The first-order valence-electron chi connectivity index (χ1n) is 5.72. The van der Waals surface area contributed by atoms with Crippen molar-refractivity contribution in [2.24, 2.45) is 5.92 Å². The summed E-state index contributed by atoms with van der Waals surface area (Å²) in [7, 11) is 0. The van der Waals surface area contributed by atoms with E-state index in [9.17, 15) is 4.39 Å². The highest BCUT2D eigenvalue weighted by atomic mass is 19.1. The molecule has 0 aliphatic rings. The molecule has 2 nitrogen and oxygen atoms in total. The van der Waals surface area contributed by atoms with E-state index in [-0.39, 0.29) is 5.75 Å². The van der Waals surface area contributed by atoms with Gasteiger partial charge in [-0.1, -0.05) is 26.8 Å². The maximum absolute atomic E-state index is 13.1. The molecule has 1 aromatic rings. The highest BCUT2D eigenvalue weighted by Crippen LogP contribution is 2.17. The topological polar surface area (TPSA) is 23.5 Å². The zero-order valence-electron chi connectivity index (χ0n) is 10.2. The van der Waals surface area contributed by atoms with Crippen molar-refractivity contribution in [2.45, 2.75) is 27.3 Å². The van der Waals surface area contributed by atoms with E-state index in [1.54, 1.807) is 6.07 Å². The minimum absolute atomic E-state index is 0.282. The van der Waals surface area contributed by atoms with Gasteiger partial charge < -0.3 is 5.11 Å². The lowest BCUT2D eigenvalue weighted by molar-refractivity contribution is 0.248. The van der Waals surface area contributed by atoms with Crippen LogP contribution in [0, 0.1) is 11.7 Å². The molecule has 0 amide bonds. The van der Waals surface area contributed by atoms with Gasteiger partial charge in [0.2, 0.25) is 0 Å².